The van der Waals surface area contributed by atoms with Crippen molar-refractivity contribution in [3.8, 4) is 0 Å². The molecule has 1 heterocycles. The smallest absolute Gasteiger partial charge is 0.195 e. The summed E-state index contributed by atoms with van der Waals surface area (Å²) in [5.41, 5.74) is 7.28. The first kappa shape index (κ1) is 33.8. The summed E-state index contributed by atoms with van der Waals surface area (Å²) in [6.07, 6.45) is -1.42. The number of carbonyl (C=O) groups is 1. The van der Waals surface area contributed by atoms with E-state index in [1.54, 1.807) is 0 Å². The lowest BCUT2D eigenvalue weighted by Crippen LogP contribution is -2.54. The average molecular weight is 661 g/mol. The number of hydrogen-bond donors (Lipinski definition) is 0. The van der Waals surface area contributed by atoms with Crippen molar-refractivity contribution in [3.05, 3.63) is 177 Å². The van der Waals surface area contributed by atoms with Crippen molar-refractivity contribution < 1.29 is 23.7 Å². The molecular weight excluding hydrogens is 620 g/mol. The summed E-state index contributed by atoms with van der Waals surface area (Å²) < 4.78 is 25.8. The van der Waals surface area contributed by atoms with E-state index in [9.17, 15) is 4.79 Å². The van der Waals surface area contributed by atoms with Crippen LogP contribution in [0.5, 0.6) is 0 Å². The molecule has 4 atom stereocenters. The summed E-state index contributed by atoms with van der Waals surface area (Å²) in [7, 11) is 0. The Morgan fingerprint density at radius 3 is 1.81 bits per heavy atom. The maximum absolute atomic E-state index is 14.2. The van der Waals surface area contributed by atoms with Gasteiger partial charge in [0.2, 0.25) is 0 Å². The van der Waals surface area contributed by atoms with Crippen LogP contribution < -0.4 is 0 Å². The number of rotatable bonds is 14. The van der Waals surface area contributed by atoms with Gasteiger partial charge < -0.3 is 18.9 Å². The summed E-state index contributed by atoms with van der Waals surface area (Å²) in [5.74, 6) is -0.196. The normalized spacial score (nSPS) is 19.3. The van der Waals surface area contributed by atoms with Gasteiger partial charge in [-0.2, -0.15) is 0 Å². The van der Waals surface area contributed by atoms with E-state index in [0.717, 1.165) is 34.2 Å². The molecule has 5 aromatic rings. The minimum absolute atomic E-state index is 0.0883. The molecule has 1 aliphatic rings. The molecule has 0 bridgehead atoms. The monoisotopic (exact) mass is 660 g/mol. The van der Waals surface area contributed by atoms with Crippen LogP contribution >= 0.6 is 11.6 Å². The zero-order valence-electron chi connectivity index (χ0n) is 27.2. The summed E-state index contributed by atoms with van der Waals surface area (Å²) in [6.45, 7) is 3.15. The molecule has 48 heavy (non-hydrogen) atoms. The lowest BCUT2D eigenvalue weighted by molar-refractivity contribution is -0.213. The van der Waals surface area contributed by atoms with Crippen LogP contribution in [-0.2, 0) is 56.4 Å². The molecule has 5 aromatic carbocycles. The second kappa shape index (κ2) is 16.8. The fraction of sp³-hybridized carbons (Fsp3) is 0.262. The lowest BCUT2D eigenvalue weighted by atomic mass is 9.90. The fourth-order valence-electron chi connectivity index (χ4n) is 5.97. The van der Waals surface area contributed by atoms with E-state index >= 15 is 0 Å². The zero-order valence-corrected chi connectivity index (χ0v) is 27.9. The van der Waals surface area contributed by atoms with Gasteiger partial charge in [0.15, 0.2) is 5.78 Å². The summed E-state index contributed by atoms with van der Waals surface area (Å²) in [4.78, 5) is 14.2. The van der Waals surface area contributed by atoms with Gasteiger partial charge in [0.05, 0.1) is 26.4 Å². The lowest BCUT2D eigenvalue weighted by Gasteiger charge is -2.40. The number of carbonyl (C=O) groups excluding carboxylic acids is 1. The molecule has 5 nitrogen and oxygen atoms in total. The van der Waals surface area contributed by atoms with Crippen LogP contribution in [0.4, 0.5) is 0 Å². The van der Waals surface area contributed by atoms with E-state index in [2.05, 4.69) is 37.3 Å². The highest BCUT2D eigenvalue weighted by Gasteiger charge is 2.47. The molecule has 1 fully saturated rings. The van der Waals surface area contributed by atoms with Crippen molar-refractivity contribution in [1.29, 1.82) is 0 Å². The molecule has 0 spiro atoms. The molecule has 0 aliphatic carbocycles. The molecule has 0 aromatic heterocycles. The van der Waals surface area contributed by atoms with Crippen LogP contribution in [0.2, 0.25) is 5.02 Å². The maximum atomic E-state index is 14.2. The summed E-state index contributed by atoms with van der Waals surface area (Å²) in [6, 6.07) is 44.2. The number of Topliss-reactive ketones (excluding diaryl/α,β-unsaturated/α-hetero) is 1. The van der Waals surface area contributed by atoms with Crippen molar-refractivity contribution in [2.75, 3.05) is 6.61 Å². The summed E-state index contributed by atoms with van der Waals surface area (Å²) >= 11 is 6.78. The maximum Gasteiger partial charge on any atom is 0.195 e. The predicted molar refractivity (Wildman–Crippen MR) is 189 cm³/mol. The molecule has 0 amide bonds. The fourth-order valence-corrected chi connectivity index (χ4v) is 6.16. The van der Waals surface area contributed by atoms with Gasteiger partial charge in [-0.1, -0.05) is 146 Å². The molecular formula is C42H41ClO5. The average Bonchev–Trinajstić information content (AvgIpc) is 3.13. The van der Waals surface area contributed by atoms with Gasteiger partial charge >= 0.3 is 0 Å². The van der Waals surface area contributed by atoms with Crippen molar-refractivity contribution >= 4 is 17.4 Å². The standard InChI is InChI=1S/C42H41ClO5/c1-2-30-18-20-31(21-19-30)24-36-25-35(22-23-37(36)43)40-42(47-28-34-16-10-5-11-17-34)41(46-27-33-14-8-4-9-15-33)39(44)38(48-40)29-45-26-32-12-6-3-7-13-32/h3-23,25,38,40-42H,2,24,26-29H2,1H3. The summed E-state index contributed by atoms with van der Waals surface area (Å²) in [5, 5.41) is 0.673. The van der Waals surface area contributed by atoms with Crippen molar-refractivity contribution in [2.45, 2.75) is 64.0 Å². The minimum atomic E-state index is -0.890. The molecule has 246 valence electrons. The van der Waals surface area contributed by atoms with E-state index in [1.165, 1.54) is 11.1 Å². The Morgan fingerprint density at radius 2 is 1.21 bits per heavy atom. The molecule has 1 aliphatic heterocycles. The third kappa shape index (κ3) is 8.87. The number of ketones is 1. The molecule has 0 saturated carbocycles. The Bertz CT molecular complexity index is 1730. The second-order valence-electron chi connectivity index (χ2n) is 12.1. The van der Waals surface area contributed by atoms with Crippen LogP contribution in [0.1, 0.15) is 52.0 Å². The van der Waals surface area contributed by atoms with E-state index in [1.807, 2.05) is 103 Å². The topological polar surface area (TPSA) is 54.0 Å². The number of aryl methyl sites for hydroxylation is 1. The number of halogens is 1. The highest BCUT2D eigenvalue weighted by Crippen LogP contribution is 2.37. The van der Waals surface area contributed by atoms with Crippen LogP contribution in [0, 0.1) is 0 Å². The molecule has 0 N–H and O–H groups in total. The third-order valence-corrected chi connectivity index (χ3v) is 9.04. The Hall–Kier alpha value is -4.10. The first-order valence-corrected chi connectivity index (χ1v) is 16.9. The highest BCUT2D eigenvalue weighted by molar-refractivity contribution is 6.31. The van der Waals surface area contributed by atoms with Gasteiger partial charge in [-0.25, -0.2) is 0 Å². The molecule has 1 saturated heterocycles. The number of ether oxygens (including phenoxy) is 4. The van der Waals surface area contributed by atoms with Gasteiger partial charge in [-0.05, 0) is 57.9 Å². The molecule has 4 unspecified atom stereocenters. The van der Waals surface area contributed by atoms with Crippen molar-refractivity contribution in [3.63, 3.8) is 0 Å². The Kier molecular flexibility index (Phi) is 11.8. The van der Waals surface area contributed by atoms with Crippen LogP contribution in [0.3, 0.4) is 0 Å². The van der Waals surface area contributed by atoms with Gasteiger partial charge in [0.1, 0.15) is 24.4 Å². The zero-order chi connectivity index (χ0) is 33.1. The van der Waals surface area contributed by atoms with Crippen LogP contribution in [-0.4, -0.2) is 30.7 Å². The first-order chi connectivity index (χ1) is 23.6. The Balaban J connectivity index is 1.31. The molecule has 6 heteroatoms. The number of benzene rings is 5. The van der Waals surface area contributed by atoms with Crippen LogP contribution in [0.25, 0.3) is 0 Å². The Morgan fingerprint density at radius 1 is 0.646 bits per heavy atom. The van der Waals surface area contributed by atoms with E-state index in [-0.39, 0.29) is 19.0 Å². The van der Waals surface area contributed by atoms with Gasteiger partial charge in [0.25, 0.3) is 0 Å². The van der Waals surface area contributed by atoms with Gasteiger partial charge in [0, 0.05) is 5.02 Å². The molecule has 0 radical (unpaired) electrons. The first-order valence-electron chi connectivity index (χ1n) is 16.6. The number of hydrogen-bond acceptors (Lipinski definition) is 5. The van der Waals surface area contributed by atoms with Crippen molar-refractivity contribution in [2.24, 2.45) is 0 Å². The van der Waals surface area contributed by atoms with E-state index < -0.39 is 24.4 Å². The minimum Gasteiger partial charge on any atom is -0.374 e. The molecule has 6 rings (SSSR count). The van der Waals surface area contributed by atoms with Crippen molar-refractivity contribution in [1.82, 2.24) is 0 Å². The van der Waals surface area contributed by atoms with Crippen LogP contribution in [0.15, 0.2) is 133 Å². The predicted octanol–water partition coefficient (Wildman–Crippen LogP) is 8.89. The quantitative estimate of drug-likeness (QED) is 0.119. The third-order valence-electron chi connectivity index (χ3n) is 8.67. The Labute approximate surface area is 288 Å². The van der Waals surface area contributed by atoms with Gasteiger partial charge in [-0.3, -0.25) is 4.79 Å². The van der Waals surface area contributed by atoms with E-state index in [4.69, 9.17) is 30.5 Å². The SMILES string of the molecule is CCc1ccc(Cc2cc(C3OC(COCc4ccccc4)C(=O)C(OCc4ccccc4)C3OCc3ccccc3)ccc2Cl)cc1. The largest absolute Gasteiger partial charge is 0.374 e. The van der Waals surface area contributed by atoms with Gasteiger partial charge in [-0.15, -0.1) is 0 Å². The second-order valence-corrected chi connectivity index (χ2v) is 12.5. The highest BCUT2D eigenvalue weighted by atomic mass is 35.5. The van der Waals surface area contributed by atoms with E-state index in [0.29, 0.717) is 24.7 Å².